The van der Waals surface area contributed by atoms with Gasteiger partial charge < -0.3 is 5.32 Å². The van der Waals surface area contributed by atoms with Crippen LogP contribution in [0.25, 0.3) is 0 Å². The maximum absolute atomic E-state index is 12.8. The van der Waals surface area contributed by atoms with Crippen molar-refractivity contribution in [2.45, 2.75) is 44.6 Å². The van der Waals surface area contributed by atoms with Crippen molar-refractivity contribution in [3.05, 3.63) is 14.7 Å². The number of nitrogens with zero attached hydrogens (tertiary/aromatic N) is 1. The van der Waals surface area contributed by atoms with Gasteiger partial charge in [0.2, 0.25) is 10.0 Å². The Bertz CT molecular complexity index is 586. The van der Waals surface area contributed by atoms with Crippen LogP contribution in [0.15, 0.2) is 14.7 Å². The van der Waals surface area contributed by atoms with E-state index in [4.69, 9.17) is 0 Å². The molecule has 1 aromatic heterocycles. The van der Waals surface area contributed by atoms with Crippen molar-refractivity contribution in [1.29, 1.82) is 0 Å². The van der Waals surface area contributed by atoms with Crippen LogP contribution in [0.5, 0.6) is 0 Å². The lowest BCUT2D eigenvalue weighted by Crippen LogP contribution is -2.50. The van der Waals surface area contributed by atoms with Crippen molar-refractivity contribution >= 4 is 37.3 Å². The molecule has 1 aromatic rings. The minimum atomic E-state index is -3.37. The molecule has 2 unspecified atom stereocenters. The monoisotopic (exact) mass is 394 g/mol. The molecule has 7 heteroatoms. The summed E-state index contributed by atoms with van der Waals surface area (Å²) >= 11 is 4.85. The fourth-order valence-corrected chi connectivity index (χ4v) is 6.88. The SMILES string of the molecule is CCNC1CCN(S(=O)(=O)c2cc(Br)sc2C)CC1CC. The zero-order valence-electron chi connectivity index (χ0n) is 12.7. The molecule has 120 valence electrons. The molecule has 0 radical (unpaired) electrons. The smallest absolute Gasteiger partial charge is 0.244 e. The van der Waals surface area contributed by atoms with Gasteiger partial charge in [0.15, 0.2) is 0 Å². The summed E-state index contributed by atoms with van der Waals surface area (Å²) in [5.41, 5.74) is 0. The van der Waals surface area contributed by atoms with E-state index in [-0.39, 0.29) is 0 Å². The van der Waals surface area contributed by atoms with Crippen LogP contribution in [0, 0.1) is 12.8 Å². The quantitative estimate of drug-likeness (QED) is 0.833. The molecule has 0 bridgehead atoms. The molecule has 1 saturated heterocycles. The largest absolute Gasteiger partial charge is 0.314 e. The van der Waals surface area contributed by atoms with Crippen molar-refractivity contribution in [3.8, 4) is 0 Å². The third-order valence-corrected chi connectivity index (χ3v) is 7.82. The molecule has 21 heavy (non-hydrogen) atoms. The van der Waals surface area contributed by atoms with Gasteiger partial charge in [-0.05, 0) is 47.8 Å². The molecule has 0 aromatic carbocycles. The Labute approximate surface area is 140 Å². The third-order valence-electron chi connectivity index (χ3n) is 4.15. The molecule has 0 saturated carbocycles. The second-order valence-electron chi connectivity index (χ2n) is 5.46. The molecule has 1 fully saturated rings. The summed E-state index contributed by atoms with van der Waals surface area (Å²) in [6.07, 6.45) is 1.88. The molecule has 1 N–H and O–H groups in total. The van der Waals surface area contributed by atoms with Crippen LogP contribution in [0.2, 0.25) is 0 Å². The molecule has 2 atom stereocenters. The van der Waals surface area contributed by atoms with Crippen LogP contribution >= 0.6 is 27.3 Å². The van der Waals surface area contributed by atoms with Gasteiger partial charge in [0.05, 0.1) is 8.68 Å². The number of rotatable bonds is 5. The van der Waals surface area contributed by atoms with Crippen molar-refractivity contribution < 1.29 is 8.42 Å². The summed E-state index contributed by atoms with van der Waals surface area (Å²) in [4.78, 5) is 1.31. The van der Waals surface area contributed by atoms with Crippen molar-refractivity contribution in [1.82, 2.24) is 9.62 Å². The van der Waals surface area contributed by atoms with Crippen LogP contribution in [0.4, 0.5) is 0 Å². The zero-order valence-corrected chi connectivity index (χ0v) is 15.9. The van der Waals surface area contributed by atoms with E-state index in [1.807, 2.05) is 6.92 Å². The lowest BCUT2D eigenvalue weighted by atomic mass is 9.91. The number of hydrogen-bond acceptors (Lipinski definition) is 4. The predicted octanol–water partition coefficient (Wildman–Crippen LogP) is 3.22. The highest BCUT2D eigenvalue weighted by Gasteiger charge is 2.35. The van der Waals surface area contributed by atoms with E-state index in [2.05, 4.69) is 35.1 Å². The first-order valence-corrected chi connectivity index (χ1v) is 10.4. The van der Waals surface area contributed by atoms with Gasteiger partial charge in [-0.15, -0.1) is 11.3 Å². The van der Waals surface area contributed by atoms with Gasteiger partial charge in [-0.25, -0.2) is 8.42 Å². The van der Waals surface area contributed by atoms with E-state index in [0.717, 1.165) is 28.0 Å². The summed E-state index contributed by atoms with van der Waals surface area (Å²) in [7, 11) is -3.37. The number of nitrogens with one attached hydrogen (secondary N) is 1. The van der Waals surface area contributed by atoms with E-state index in [0.29, 0.717) is 29.9 Å². The molecular weight excluding hydrogens is 372 g/mol. The van der Waals surface area contributed by atoms with E-state index < -0.39 is 10.0 Å². The second-order valence-corrected chi connectivity index (χ2v) is 10.00. The van der Waals surface area contributed by atoms with Gasteiger partial charge in [0, 0.05) is 24.0 Å². The Hall–Kier alpha value is 0.0500. The first-order chi connectivity index (χ1) is 9.90. The lowest BCUT2D eigenvalue weighted by molar-refractivity contribution is 0.204. The predicted molar refractivity (Wildman–Crippen MR) is 91.4 cm³/mol. The Morgan fingerprint density at radius 2 is 2.19 bits per heavy atom. The number of hydrogen-bond donors (Lipinski definition) is 1. The molecule has 2 rings (SSSR count). The van der Waals surface area contributed by atoms with Crippen LogP contribution in [0.1, 0.15) is 31.6 Å². The Kier molecular flexibility index (Phi) is 5.87. The van der Waals surface area contributed by atoms with E-state index in [1.165, 1.54) is 11.3 Å². The number of thiophene rings is 1. The Morgan fingerprint density at radius 1 is 1.48 bits per heavy atom. The van der Waals surface area contributed by atoms with Gasteiger partial charge in [-0.3, -0.25) is 0 Å². The van der Waals surface area contributed by atoms with Crippen LogP contribution in [0.3, 0.4) is 0 Å². The molecule has 0 amide bonds. The van der Waals surface area contributed by atoms with Gasteiger partial charge in [-0.1, -0.05) is 20.3 Å². The van der Waals surface area contributed by atoms with Crippen LogP contribution < -0.4 is 5.32 Å². The van der Waals surface area contributed by atoms with Crippen LogP contribution in [-0.2, 0) is 10.0 Å². The van der Waals surface area contributed by atoms with E-state index in [1.54, 1.807) is 10.4 Å². The first kappa shape index (κ1) is 17.4. The molecule has 1 aliphatic heterocycles. The molecule has 4 nitrogen and oxygen atoms in total. The van der Waals surface area contributed by atoms with Crippen molar-refractivity contribution in [2.24, 2.45) is 5.92 Å². The number of sulfonamides is 1. The average Bonchev–Trinajstić information content (AvgIpc) is 2.79. The molecule has 2 heterocycles. The summed E-state index contributed by atoms with van der Waals surface area (Å²) in [5.74, 6) is 0.385. The molecule has 0 aliphatic carbocycles. The number of halogens is 1. The summed E-state index contributed by atoms with van der Waals surface area (Å²) in [5, 5.41) is 3.49. The topological polar surface area (TPSA) is 49.4 Å². The maximum Gasteiger partial charge on any atom is 0.244 e. The molecular formula is C14H23BrN2O2S2. The molecule has 1 aliphatic rings. The highest BCUT2D eigenvalue weighted by Crippen LogP contribution is 2.33. The summed E-state index contributed by atoms with van der Waals surface area (Å²) < 4.78 is 28.2. The Morgan fingerprint density at radius 3 is 2.71 bits per heavy atom. The fourth-order valence-electron chi connectivity index (χ4n) is 2.99. The highest BCUT2D eigenvalue weighted by atomic mass is 79.9. The molecule has 0 spiro atoms. The van der Waals surface area contributed by atoms with Crippen molar-refractivity contribution in [3.63, 3.8) is 0 Å². The Balaban J connectivity index is 2.20. The lowest BCUT2D eigenvalue weighted by Gasteiger charge is -2.37. The van der Waals surface area contributed by atoms with Gasteiger partial charge in [0.1, 0.15) is 0 Å². The van der Waals surface area contributed by atoms with Crippen LogP contribution in [-0.4, -0.2) is 38.4 Å². The third kappa shape index (κ3) is 3.69. The van der Waals surface area contributed by atoms with E-state index >= 15 is 0 Å². The van der Waals surface area contributed by atoms with Gasteiger partial charge >= 0.3 is 0 Å². The van der Waals surface area contributed by atoms with Gasteiger partial charge in [-0.2, -0.15) is 4.31 Å². The van der Waals surface area contributed by atoms with E-state index in [9.17, 15) is 8.42 Å². The standard InChI is InChI=1S/C14H23BrN2O2S2/c1-4-11-9-17(7-6-12(11)16-5-2)21(18,19)13-8-14(15)20-10(13)3/h8,11-12,16H,4-7,9H2,1-3H3. The average molecular weight is 395 g/mol. The minimum Gasteiger partial charge on any atom is -0.314 e. The highest BCUT2D eigenvalue weighted by molar-refractivity contribution is 9.11. The van der Waals surface area contributed by atoms with Crippen molar-refractivity contribution in [2.75, 3.05) is 19.6 Å². The second kappa shape index (κ2) is 7.08. The number of piperidine rings is 1. The normalized spacial score (nSPS) is 24.4. The first-order valence-electron chi connectivity index (χ1n) is 7.39. The summed E-state index contributed by atoms with van der Waals surface area (Å²) in [6, 6.07) is 2.16. The zero-order chi connectivity index (χ0) is 15.6. The minimum absolute atomic E-state index is 0.385. The summed E-state index contributed by atoms with van der Waals surface area (Å²) in [6.45, 7) is 8.25. The van der Waals surface area contributed by atoms with Gasteiger partial charge in [0.25, 0.3) is 0 Å². The maximum atomic E-state index is 12.8. The number of aryl methyl sites for hydroxylation is 1. The fraction of sp³-hybridized carbons (Fsp3) is 0.714.